The standard InChI is InChI=1S/C11H21NO2/c1-9(13)3-2-6-12-7-10-4-5-11(8-12)14-10/h9-11,13H,2-8H2,1H3. The molecule has 0 saturated carbocycles. The number of rotatable bonds is 4. The highest BCUT2D eigenvalue weighted by molar-refractivity contribution is 4.84. The third kappa shape index (κ3) is 2.69. The van der Waals surface area contributed by atoms with Crippen LogP contribution in [-0.4, -0.2) is 48.0 Å². The van der Waals surface area contributed by atoms with Crippen molar-refractivity contribution in [3.8, 4) is 0 Å². The van der Waals surface area contributed by atoms with E-state index in [9.17, 15) is 0 Å². The predicted molar refractivity (Wildman–Crippen MR) is 55.2 cm³/mol. The number of hydrogen-bond acceptors (Lipinski definition) is 3. The van der Waals surface area contributed by atoms with E-state index in [0.717, 1.165) is 32.5 Å². The van der Waals surface area contributed by atoms with E-state index < -0.39 is 0 Å². The summed E-state index contributed by atoms with van der Waals surface area (Å²) >= 11 is 0. The maximum Gasteiger partial charge on any atom is 0.0707 e. The van der Waals surface area contributed by atoms with Gasteiger partial charge in [-0.25, -0.2) is 0 Å². The average Bonchev–Trinajstić information content (AvgIpc) is 2.45. The molecule has 2 saturated heterocycles. The molecule has 2 heterocycles. The molecule has 2 aliphatic heterocycles. The topological polar surface area (TPSA) is 32.7 Å². The number of likely N-dealkylation sites (tertiary alicyclic amines) is 1. The lowest BCUT2D eigenvalue weighted by Gasteiger charge is -2.32. The zero-order chi connectivity index (χ0) is 9.97. The summed E-state index contributed by atoms with van der Waals surface area (Å²) in [4.78, 5) is 2.49. The van der Waals surface area contributed by atoms with Gasteiger partial charge in [0.1, 0.15) is 0 Å². The van der Waals surface area contributed by atoms with Crippen LogP contribution in [0.2, 0.25) is 0 Å². The molecule has 2 aliphatic rings. The summed E-state index contributed by atoms with van der Waals surface area (Å²) in [6.07, 6.45) is 5.38. The van der Waals surface area contributed by atoms with Gasteiger partial charge in [0, 0.05) is 13.1 Å². The molecule has 2 rings (SSSR count). The van der Waals surface area contributed by atoms with Gasteiger partial charge in [-0.1, -0.05) is 0 Å². The molecule has 3 nitrogen and oxygen atoms in total. The van der Waals surface area contributed by atoms with Crippen molar-refractivity contribution in [1.82, 2.24) is 4.90 Å². The molecule has 0 aliphatic carbocycles. The van der Waals surface area contributed by atoms with Crippen molar-refractivity contribution in [1.29, 1.82) is 0 Å². The van der Waals surface area contributed by atoms with Gasteiger partial charge in [0.25, 0.3) is 0 Å². The number of aliphatic hydroxyl groups is 1. The van der Waals surface area contributed by atoms with Gasteiger partial charge in [0.15, 0.2) is 0 Å². The first-order chi connectivity index (χ1) is 6.74. The van der Waals surface area contributed by atoms with Crippen LogP contribution in [-0.2, 0) is 4.74 Å². The summed E-state index contributed by atoms with van der Waals surface area (Å²) in [6.45, 7) is 5.21. The Morgan fingerprint density at radius 1 is 1.36 bits per heavy atom. The summed E-state index contributed by atoms with van der Waals surface area (Å²) in [5, 5.41) is 9.15. The van der Waals surface area contributed by atoms with Gasteiger partial charge in [-0.05, 0) is 39.2 Å². The molecule has 82 valence electrons. The average molecular weight is 199 g/mol. The molecule has 0 aromatic rings. The van der Waals surface area contributed by atoms with Crippen LogP contribution in [0.15, 0.2) is 0 Å². The van der Waals surface area contributed by atoms with E-state index in [-0.39, 0.29) is 6.10 Å². The van der Waals surface area contributed by atoms with Gasteiger partial charge in [-0.2, -0.15) is 0 Å². The van der Waals surface area contributed by atoms with Crippen molar-refractivity contribution in [3.05, 3.63) is 0 Å². The van der Waals surface area contributed by atoms with Crippen molar-refractivity contribution in [2.24, 2.45) is 0 Å². The minimum absolute atomic E-state index is 0.146. The predicted octanol–water partition coefficient (Wildman–Crippen LogP) is 1.01. The summed E-state index contributed by atoms with van der Waals surface area (Å²) in [7, 11) is 0. The van der Waals surface area contributed by atoms with E-state index in [1.165, 1.54) is 12.8 Å². The maximum atomic E-state index is 9.15. The van der Waals surface area contributed by atoms with Crippen LogP contribution in [0.25, 0.3) is 0 Å². The summed E-state index contributed by atoms with van der Waals surface area (Å²) in [6, 6.07) is 0. The van der Waals surface area contributed by atoms with E-state index in [1.807, 2.05) is 6.92 Å². The quantitative estimate of drug-likeness (QED) is 0.733. The second-order valence-electron chi connectivity index (χ2n) is 4.71. The van der Waals surface area contributed by atoms with Gasteiger partial charge in [-0.15, -0.1) is 0 Å². The Morgan fingerprint density at radius 2 is 2.00 bits per heavy atom. The number of fused-ring (bicyclic) bond motifs is 2. The monoisotopic (exact) mass is 199 g/mol. The molecule has 0 aromatic heterocycles. The van der Waals surface area contributed by atoms with Gasteiger partial charge in [0.2, 0.25) is 0 Å². The molecule has 3 atom stereocenters. The molecular formula is C11H21NO2. The van der Waals surface area contributed by atoms with E-state index in [0.29, 0.717) is 12.2 Å². The molecule has 3 unspecified atom stereocenters. The van der Waals surface area contributed by atoms with Gasteiger partial charge in [0.05, 0.1) is 18.3 Å². The molecule has 3 heteroatoms. The first-order valence-electron chi connectivity index (χ1n) is 5.80. The van der Waals surface area contributed by atoms with E-state index in [4.69, 9.17) is 9.84 Å². The first kappa shape index (κ1) is 10.4. The molecule has 0 radical (unpaired) electrons. The number of hydrogen-bond donors (Lipinski definition) is 1. The molecule has 14 heavy (non-hydrogen) atoms. The zero-order valence-corrected chi connectivity index (χ0v) is 8.98. The fraction of sp³-hybridized carbons (Fsp3) is 1.00. The molecular weight excluding hydrogens is 178 g/mol. The largest absolute Gasteiger partial charge is 0.393 e. The zero-order valence-electron chi connectivity index (χ0n) is 8.98. The molecule has 2 bridgehead atoms. The van der Waals surface area contributed by atoms with Crippen LogP contribution in [0.1, 0.15) is 32.6 Å². The smallest absolute Gasteiger partial charge is 0.0707 e. The highest BCUT2D eigenvalue weighted by Gasteiger charge is 2.33. The Morgan fingerprint density at radius 3 is 2.57 bits per heavy atom. The lowest BCUT2D eigenvalue weighted by atomic mass is 10.2. The Labute approximate surface area is 86.0 Å². The van der Waals surface area contributed by atoms with E-state index >= 15 is 0 Å². The Kier molecular flexibility index (Phi) is 3.42. The van der Waals surface area contributed by atoms with Crippen LogP contribution in [0, 0.1) is 0 Å². The third-order valence-electron chi connectivity index (χ3n) is 3.22. The van der Waals surface area contributed by atoms with Crippen molar-refractivity contribution in [2.45, 2.75) is 50.9 Å². The lowest BCUT2D eigenvalue weighted by molar-refractivity contribution is -0.0390. The summed E-state index contributed by atoms with van der Waals surface area (Å²) in [5.74, 6) is 0. The highest BCUT2D eigenvalue weighted by Crippen LogP contribution is 2.26. The van der Waals surface area contributed by atoms with Crippen LogP contribution in [0.5, 0.6) is 0 Å². The van der Waals surface area contributed by atoms with Crippen LogP contribution < -0.4 is 0 Å². The van der Waals surface area contributed by atoms with Gasteiger partial charge < -0.3 is 9.84 Å². The Balaban J connectivity index is 1.67. The van der Waals surface area contributed by atoms with Crippen LogP contribution in [0.3, 0.4) is 0 Å². The number of ether oxygens (including phenoxy) is 1. The normalized spacial score (nSPS) is 34.7. The molecule has 0 amide bonds. The maximum absolute atomic E-state index is 9.15. The first-order valence-corrected chi connectivity index (χ1v) is 5.80. The van der Waals surface area contributed by atoms with E-state index in [2.05, 4.69) is 4.90 Å². The molecule has 0 aromatic carbocycles. The van der Waals surface area contributed by atoms with Crippen molar-refractivity contribution in [2.75, 3.05) is 19.6 Å². The molecule has 2 fully saturated rings. The van der Waals surface area contributed by atoms with Crippen LogP contribution in [0.4, 0.5) is 0 Å². The van der Waals surface area contributed by atoms with Gasteiger partial charge in [-0.3, -0.25) is 4.90 Å². The van der Waals surface area contributed by atoms with Crippen molar-refractivity contribution in [3.63, 3.8) is 0 Å². The SMILES string of the molecule is CC(O)CCCN1CC2CCC(C1)O2. The lowest BCUT2D eigenvalue weighted by Crippen LogP contribution is -2.42. The fourth-order valence-corrected chi connectivity index (χ4v) is 2.49. The second-order valence-corrected chi connectivity index (χ2v) is 4.71. The Hall–Kier alpha value is -0.120. The molecule has 1 N–H and O–H groups in total. The minimum Gasteiger partial charge on any atom is -0.393 e. The van der Waals surface area contributed by atoms with Gasteiger partial charge >= 0.3 is 0 Å². The third-order valence-corrected chi connectivity index (χ3v) is 3.22. The Bertz CT molecular complexity index is 172. The van der Waals surface area contributed by atoms with Crippen molar-refractivity contribution < 1.29 is 9.84 Å². The van der Waals surface area contributed by atoms with E-state index in [1.54, 1.807) is 0 Å². The van der Waals surface area contributed by atoms with Crippen molar-refractivity contribution >= 4 is 0 Å². The number of morpholine rings is 1. The van der Waals surface area contributed by atoms with Crippen LogP contribution >= 0.6 is 0 Å². The fourth-order valence-electron chi connectivity index (χ4n) is 2.49. The number of nitrogens with zero attached hydrogens (tertiary/aromatic N) is 1. The summed E-state index contributed by atoms with van der Waals surface area (Å²) in [5.41, 5.74) is 0. The highest BCUT2D eigenvalue weighted by atomic mass is 16.5. The second kappa shape index (κ2) is 4.60. The molecule has 0 spiro atoms. The number of aliphatic hydroxyl groups excluding tert-OH is 1. The minimum atomic E-state index is -0.146. The summed E-state index contributed by atoms with van der Waals surface area (Å²) < 4.78 is 5.76.